The van der Waals surface area contributed by atoms with Crippen molar-refractivity contribution in [2.45, 2.75) is 25.1 Å². The van der Waals surface area contributed by atoms with Gasteiger partial charge in [0.05, 0.1) is 5.92 Å². The molecule has 0 bridgehead atoms. The molecular weight excluding hydrogens is 225 g/mol. The summed E-state index contributed by atoms with van der Waals surface area (Å²) in [6.45, 7) is 0.621. The Labute approximate surface area is 91.2 Å². The Balaban J connectivity index is 2.35. The van der Waals surface area contributed by atoms with Gasteiger partial charge in [0, 0.05) is 6.54 Å². The van der Waals surface area contributed by atoms with E-state index in [0.29, 0.717) is 0 Å². The van der Waals surface area contributed by atoms with Crippen LogP contribution in [0.1, 0.15) is 12.8 Å². The molecule has 16 heavy (non-hydrogen) atoms. The number of nitrogens with two attached hydrogens (primary N) is 1. The Morgan fingerprint density at radius 3 is 2.31 bits per heavy atom. The Kier molecular flexibility index (Phi) is 4.15. The van der Waals surface area contributed by atoms with Crippen molar-refractivity contribution in [2.24, 2.45) is 11.7 Å². The lowest BCUT2D eigenvalue weighted by atomic mass is 9.96. The SMILES string of the molecule is NC(CN1CCC(C(F)(F)F)CC1)C(=O)O. The topological polar surface area (TPSA) is 66.6 Å². The third-order valence-corrected chi connectivity index (χ3v) is 2.82. The van der Waals surface area contributed by atoms with Gasteiger partial charge in [-0.2, -0.15) is 13.2 Å². The first-order valence-electron chi connectivity index (χ1n) is 5.08. The standard InChI is InChI=1S/C9H15F3N2O2/c10-9(11,12)6-1-3-14(4-2-6)5-7(13)8(15)16/h6-7H,1-5,13H2,(H,15,16). The van der Waals surface area contributed by atoms with E-state index in [1.165, 1.54) is 0 Å². The van der Waals surface area contributed by atoms with E-state index >= 15 is 0 Å². The fourth-order valence-electron chi connectivity index (χ4n) is 1.80. The Morgan fingerprint density at radius 2 is 1.94 bits per heavy atom. The number of likely N-dealkylation sites (tertiary alicyclic amines) is 1. The minimum Gasteiger partial charge on any atom is -0.480 e. The average Bonchev–Trinajstić information content (AvgIpc) is 2.17. The normalized spacial score (nSPS) is 22.0. The number of nitrogens with zero attached hydrogens (tertiary/aromatic N) is 1. The zero-order chi connectivity index (χ0) is 12.3. The summed E-state index contributed by atoms with van der Waals surface area (Å²) in [6.07, 6.45) is -4.09. The highest BCUT2D eigenvalue weighted by Gasteiger charge is 2.41. The lowest BCUT2D eigenvalue weighted by Crippen LogP contribution is -2.47. The summed E-state index contributed by atoms with van der Waals surface area (Å²) >= 11 is 0. The maximum Gasteiger partial charge on any atom is 0.391 e. The molecular formula is C9H15F3N2O2. The minimum absolute atomic E-state index is 0.0236. The molecule has 1 saturated heterocycles. The van der Waals surface area contributed by atoms with Crippen molar-refractivity contribution in [2.75, 3.05) is 19.6 Å². The third-order valence-electron chi connectivity index (χ3n) is 2.82. The van der Waals surface area contributed by atoms with Gasteiger partial charge in [-0.05, 0) is 25.9 Å². The maximum atomic E-state index is 12.3. The van der Waals surface area contributed by atoms with E-state index < -0.39 is 24.1 Å². The summed E-state index contributed by atoms with van der Waals surface area (Å²) in [7, 11) is 0. The largest absolute Gasteiger partial charge is 0.480 e. The summed E-state index contributed by atoms with van der Waals surface area (Å²) in [4.78, 5) is 12.1. The van der Waals surface area contributed by atoms with Crippen LogP contribution in [0.4, 0.5) is 13.2 Å². The van der Waals surface area contributed by atoms with Gasteiger partial charge in [0.2, 0.25) is 0 Å². The molecule has 1 heterocycles. The van der Waals surface area contributed by atoms with Crippen molar-refractivity contribution in [1.29, 1.82) is 0 Å². The van der Waals surface area contributed by atoms with Crippen molar-refractivity contribution in [3.63, 3.8) is 0 Å². The van der Waals surface area contributed by atoms with Gasteiger partial charge in [0.25, 0.3) is 0 Å². The molecule has 0 aromatic carbocycles. The average molecular weight is 240 g/mol. The van der Waals surface area contributed by atoms with Crippen LogP contribution in [0.25, 0.3) is 0 Å². The lowest BCUT2D eigenvalue weighted by molar-refractivity contribution is -0.185. The van der Waals surface area contributed by atoms with Crippen molar-refractivity contribution in [3.05, 3.63) is 0 Å². The van der Waals surface area contributed by atoms with Gasteiger partial charge in [-0.1, -0.05) is 0 Å². The van der Waals surface area contributed by atoms with Crippen LogP contribution < -0.4 is 5.73 Å². The molecule has 1 atom stereocenters. The number of rotatable bonds is 3. The molecule has 7 heteroatoms. The fourth-order valence-corrected chi connectivity index (χ4v) is 1.80. The summed E-state index contributed by atoms with van der Waals surface area (Å²) < 4.78 is 37.0. The van der Waals surface area contributed by atoms with Gasteiger partial charge in [0.15, 0.2) is 0 Å². The number of carbonyl (C=O) groups is 1. The van der Waals surface area contributed by atoms with Crippen molar-refractivity contribution < 1.29 is 23.1 Å². The molecule has 0 radical (unpaired) electrons. The number of carboxylic acids is 1. The highest BCUT2D eigenvalue weighted by atomic mass is 19.4. The molecule has 3 N–H and O–H groups in total. The molecule has 1 aliphatic rings. The number of hydrogen-bond acceptors (Lipinski definition) is 3. The summed E-state index contributed by atoms with van der Waals surface area (Å²) in [5.74, 6) is -2.39. The van der Waals surface area contributed by atoms with Crippen LogP contribution in [0.5, 0.6) is 0 Å². The number of aliphatic carboxylic acids is 1. The molecule has 0 amide bonds. The summed E-state index contributed by atoms with van der Waals surface area (Å²) in [5.41, 5.74) is 5.30. The summed E-state index contributed by atoms with van der Waals surface area (Å²) in [6, 6.07) is -1.03. The number of carboxylic acid groups (broad SMARTS) is 1. The predicted molar refractivity (Wildman–Crippen MR) is 50.8 cm³/mol. The van der Waals surface area contributed by atoms with Crippen LogP contribution in [0, 0.1) is 5.92 Å². The van der Waals surface area contributed by atoms with Crippen LogP contribution in [-0.2, 0) is 4.79 Å². The summed E-state index contributed by atoms with van der Waals surface area (Å²) in [5, 5.41) is 8.56. The first kappa shape index (κ1) is 13.2. The van der Waals surface area contributed by atoms with Crippen molar-refractivity contribution in [3.8, 4) is 0 Å². The number of alkyl halides is 3. The molecule has 0 aliphatic carbocycles. The van der Waals surface area contributed by atoms with Gasteiger partial charge in [0.1, 0.15) is 6.04 Å². The van der Waals surface area contributed by atoms with Crippen LogP contribution >= 0.6 is 0 Å². The minimum atomic E-state index is -4.14. The number of halogens is 3. The van der Waals surface area contributed by atoms with Crippen LogP contribution in [0.3, 0.4) is 0 Å². The van der Waals surface area contributed by atoms with E-state index in [1.54, 1.807) is 4.90 Å². The Morgan fingerprint density at radius 1 is 1.44 bits per heavy atom. The Hall–Kier alpha value is -0.820. The molecule has 1 aliphatic heterocycles. The van der Waals surface area contributed by atoms with Gasteiger partial charge >= 0.3 is 12.1 Å². The molecule has 1 unspecified atom stereocenters. The van der Waals surface area contributed by atoms with Gasteiger partial charge < -0.3 is 15.7 Å². The van der Waals surface area contributed by atoms with E-state index in [-0.39, 0.29) is 32.5 Å². The third kappa shape index (κ3) is 3.64. The van der Waals surface area contributed by atoms with E-state index in [2.05, 4.69) is 0 Å². The quantitative estimate of drug-likeness (QED) is 0.761. The van der Waals surface area contributed by atoms with E-state index in [0.717, 1.165) is 0 Å². The van der Waals surface area contributed by atoms with Gasteiger partial charge in [-0.15, -0.1) is 0 Å². The highest BCUT2D eigenvalue weighted by molar-refractivity contribution is 5.73. The van der Waals surface area contributed by atoms with Gasteiger partial charge in [-0.25, -0.2) is 0 Å². The zero-order valence-corrected chi connectivity index (χ0v) is 8.70. The molecule has 0 saturated carbocycles. The molecule has 4 nitrogen and oxygen atoms in total. The molecule has 1 rings (SSSR count). The second kappa shape index (κ2) is 5.01. The molecule has 1 fully saturated rings. The van der Waals surface area contributed by atoms with Crippen molar-refractivity contribution >= 4 is 5.97 Å². The molecule has 0 spiro atoms. The highest BCUT2D eigenvalue weighted by Crippen LogP contribution is 2.33. The van der Waals surface area contributed by atoms with Crippen LogP contribution in [-0.4, -0.2) is 47.8 Å². The maximum absolute atomic E-state index is 12.3. The van der Waals surface area contributed by atoms with E-state index in [1.807, 2.05) is 0 Å². The second-order valence-corrected chi connectivity index (χ2v) is 4.06. The monoisotopic (exact) mass is 240 g/mol. The van der Waals surface area contributed by atoms with E-state index in [4.69, 9.17) is 10.8 Å². The lowest BCUT2D eigenvalue weighted by Gasteiger charge is -2.33. The first-order chi connectivity index (χ1) is 7.30. The predicted octanol–water partition coefficient (Wildman–Crippen LogP) is 0.673. The number of piperidine rings is 1. The van der Waals surface area contributed by atoms with Crippen LogP contribution in [0.15, 0.2) is 0 Å². The van der Waals surface area contributed by atoms with E-state index in [9.17, 15) is 18.0 Å². The zero-order valence-electron chi connectivity index (χ0n) is 8.70. The Bertz CT molecular complexity index is 250. The number of hydrogen-bond donors (Lipinski definition) is 2. The fraction of sp³-hybridized carbons (Fsp3) is 0.889. The second-order valence-electron chi connectivity index (χ2n) is 4.06. The smallest absolute Gasteiger partial charge is 0.391 e. The van der Waals surface area contributed by atoms with Gasteiger partial charge in [-0.3, -0.25) is 4.79 Å². The van der Waals surface area contributed by atoms with Crippen molar-refractivity contribution in [1.82, 2.24) is 4.90 Å². The first-order valence-corrected chi connectivity index (χ1v) is 5.08. The molecule has 0 aromatic heterocycles. The molecule has 94 valence electrons. The van der Waals surface area contributed by atoms with Crippen LogP contribution in [0.2, 0.25) is 0 Å². The molecule has 0 aromatic rings.